The number of nitrogens with one attached hydrogen (secondary N) is 1. The molecule has 1 atom stereocenters. The number of nitrogens with zero attached hydrogens (tertiary/aromatic N) is 1. The van der Waals surface area contributed by atoms with Crippen LogP contribution in [0.15, 0.2) is 0 Å². The van der Waals surface area contributed by atoms with E-state index in [1.54, 1.807) is 0 Å². The van der Waals surface area contributed by atoms with Gasteiger partial charge in [-0.25, -0.2) is 0 Å². The summed E-state index contributed by atoms with van der Waals surface area (Å²) >= 11 is 0. The number of ether oxygens (including phenoxy) is 1. The Balaban J connectivity index is 1.53. The third kappa shape index (κ3) is 1.64. The van der Waals surface area contributed by atoms with E-state index in [1.165, 1.54) is 6.42 Å². The molecule has 0 aromatic rings. The van der Waals surface area contributed by atoms with Gasteiger partial charge in [-0.3, -0.25) is 4.79 Å². The number of hydrogen-bond donors (Lipinski definition) is 1. The minimum atomic E-state index is 0.128. The van der Waals surface area contributed by atoms with Gasteiger partial charge in [0.05, 0.1) is 5.60 Å². The van der Waals surface area contributed by atoms with Crippen molar-refractivity contribution in [3.63, 3.8) is 0 Å². The Bertz CT molecular complexity index is 289. The molecule has 1 amide bonds. The van der Waals surface area contributed by atoms with Crippen LogP contribution in [0.5, 0.6) is 0 Å². The molecule has 0 unspecified atom stereocenters. The highest BCUT2D eigenvalue weighted by Gasteiger charge is 2.48. The fraction of sp³-hybridized carbons (Fsp3) is 0.917. The van der Waals surface area contributed by atoms with Gasteiger partial charge in [0.1, 0.15) is 0 Å². The van der Waals surface area contributed by atoms with Crippen LogP contribution in [-0.2, 0) is 9.53 Å². The van der Waals surface area contributed by atoms with Gasteiger partial charge in [0, 0.05) is 39.2 Å². The molecule has 4 nitrogen and oxygen atoms in total. The van der Waals surface area contributed by atoms with Crippen LogP contribution in [-0.4, -0.2) is 49.2 Å². The predicted molar refractivity (Wildman–Crippen MR) is 60.1 cm³/mol. The van der Waals surface area contributed by atoms with Crippen LogP contribution >= 0.6 is 0 Å². The summed E-state index contributed by atoms with van der Waals surface area (Å²) in [6.07, 6.45) is 4.09. The van der Waals surface area contributed by atoms with Crippen LogP contribution in [0, 0.1) is 5.92 Å². The van der Waals surface area contributed by atoms with Crippen molar-refractivity contribution >= 4 is 5.91 Å². The molecule has 90 valence electrons. The van der Waals surface area contributed by atoms with Gasteiger partial charge in [0.25, 0.3) is 0 Å². The van der Waals surface area contributed by atoms with Gasteiger partial charge in [-0.05, 0) is 25.2 Å². The fourth-order valence-electron chi connectivity index (χ4n) is 3.21. The Morgan fingerprint density at radius 3 is 3.00 bits per heavy atom. The maximum absolute atomic E-state index is 11.5. The highest BCUT2D eigenvalue weighted by molar-refractivity contribution is 5.77. The summed E-state index contributed by atoms with van der Waals surface area (Å²) in [5.74, 6) is 1.00. The molecule has 0 aromatic heterocycles. The Kier molecular flexibility index (Phi) is 2.64. The first kappa shape index (κ1) is 10.5. The molecule has 3 heterocycles. The second kappa shape index (κ2) is 4.00. The number of rotatable bonds is 3. The highest BCUT2D eigenvalue weighted by Crippen LogP contribution is 2.37. The molecule has 1 N–H and O–H groups in total. The van der Waals surface area contributed by atoms with Crippen molar-refractivity contribution in [2.45, 2.75) is 31.3 Å². The Labute approximate surface area is 96.3 Å². The van der Waals surface area contributed by atoms with E-state index < -0.39 is 0 Å². The van der Waals surface area contributed by atoms with Crippen LogP contribution in [0.2, 0.25) is 0 Å². The molecule has 0 aromatic carbocycles. The van der Waals surface area contributed by atoms with Crippen LogP contribution in [0.1, 0.15) is 25.7 Å². The molecule has 3 rings (SSSR count). The molecule has 1 spiro atoms. The Morgan fingerprint density at radius 2 is 2.38 bits per heavy atom. The number of hydrogen-bond acceptors (Lipinski definition) is 3. The van der Waals surface area contributed by atoms with Crippen molar-refractivity contribution in [2.75, 3.05) is 32.8 Å². The first-order chi connectivity index (χ1) is 7.80. The quantitative estimate of drug-likeness (QED) is 0.753. The van der Waals surface area contributed by atoms with Gasteiger partial charge in [-0.15, -0.1) is 0 Å². The van der Waals surface area contributed by atoms with Crippen molar-refractivity contribution in [2.24, 2.45) is 5.92 Å². The molecule has 0 saturated carbocycles. The molecular weight excluding hydrogens is 204 g/mol. The van der Waals surface area contributed by atoms with E-state index in [9.17, 15) is 4.79 Å². The molecule has 3 aliphatic rings. The minimum Gasteiger partial charge on any atom is -0.372 e. The van der Waals surface area contributed by atoms with Crippen molar-refractivity contribution < 1.29 is 9.53 Å². The zero-order valence-electron chi connectivity index (χ0n) is 9.71. The molecule has 3 aliphatic heterocycles. The van der Waals surface area contributed by atoms with E-state index in [0.29, 0.717) is 11.8 Å². The van der Waals surface area contributed by atoms with E-state index >= 15 is 0 Å². The van der Waals surface area contributed by atoms with Crippen LogP contribution < -0.4 is 5.32 Å². The summed E-state index contributed by atoms with van der Waals surface area (Å²) in [4.78, 5) is 13.5. The normalized spacial score (nSPS) is 32.4. The van der Waals surface area contributed by atoms with E-state index in [0.717, 1.165) is 52.0 Å². The van der Waals surface area contributed by atoms with E-state index in [2.05, 4.69) is 5.32 Å². The average Bonchev–Trinajstić information content (AvgIpc) is 2.80. The largest absolute Gasteiger partial charge is 0.372 e. The Morgan fingerprint density at radius 1 is 1.50 bits per heavy atom. The molecule has 3 fully saturated rings. The van der Waals surface area contributed by atoms with Gasteiger partial charge < -0.3 is 15.0 Å². The summed E-state index contributed by atoms with van der Waals surface area (Å²) in [7, 11) is 0. The maximum Gasteiger partial charge on any atom is 0.222 e. The van der Waals surface area contributed by atoms with Crippen LogP contribution in [0.25, 0.3) is 0 Å². The van der Waals surface area contributed by atoms with Gasteiger partial charge in [0.15, 0.2) is 0 Å². The molecule has 16 heavy (non-hydrogen) atoms. The lowest BCUT2D eigenvalue weighted by Crippen LogP contribution is -2.62. The molecule has 3 saturated heterocycles. The van der Waals surface area contributed by atoms with Crippen molar-refractivity contribution in [1.82, 2.24) is 10.2 Å². The van der Waals surface area contributed by atoms with Gasteiger partial charge in [-0.2, -0.15) is 0 Å². The fourth-order valence-corrected chi connectivity index (χ4v) is 3.21. The van der Waals surface area contributed by atoms with E-state index in [1.807, 2.05) is 4.90 Å². The third-order valence-electron chi connectivity index (χ3n) is 4.37. The SMILES string of the molecule is O=C1CCCN1CC[C@H]1CCOC12CNC2. The first-order valence-electron chi connectivity index (χ1n) is 6.43. The predicted octanol–water partition coefficient (Wildman–Crippen LogP) is 0.377. The number of amides is 1. The number of carbonyl (C=O) groups excluding carboxylic acids is 1. The topological polar surface area (TPSA) is 41.6 Å². The third-order valence-corrected chi connectivity index (χ3v) is 4.37. The lowest BCUT2D eigenvalue weighted by atomic mass is 9.80. The maximum atomic E-state index is 11.5. The lowest BCUT2D eigenvalue weighted by molar-refractivity contribution is -0.128. The average molecular weight is 224 g/mol. The summed E-state index contributed by atoms with van der Waals surface area (Å²) in [6.45, 7) is 4.82. The van der Waals surface area contributed by atoms with Crippen LogP contribution in [0.3, 0.4) is 0 Å². The van der Waals surface area contributed by atoms with Gasteiger partial charge in [0.2, 0.25) is 5.91 Å². The molecule has 0 aliphatic carbocycles. The molecule has 0 radical (unpaired) electrons. The van der Waals surface area contributed by atoms with Gasteiger partial charge >= 0.3 is 0 Å². The lowest BCUT2D eigenvalue weighted by Gasteiger charge is -2.43. The summed E-state index contributed by atoms with van der Waals surface area (Å²) in [5.41, 5.74) is 0.128. The second-order valence-electron chi connectivity index (χ2n) is 5.28. The van der Waals surface area contributed by atoms with E-state index in [4.69, 9.17) is 4.74 Å². The summed E-state index contributed by atoms with van der Waals surface area (Å²) in [6, 6.07) is 0. The molecular formula is C12H20N2O2. The standard InChI is InChI=1S/C12H20N2O2/c15-11-2-1-5-14(11)6-3-10-4-7-16-12(10)8-13-9-12/h10,13H,1-9H2/t10-/m0/s1. The summed E-state index contributed by atoms with van der Waals surface area (Å²) in [5, 5.41) is 3.31. The van der Waals surface area contributed by atoms with Crippen molar-refractivity contribution in [1.29, 1.82) is 0 Å². The molecule has 0 bridgehead atoms. The van der Waals surface area contributed by atoms with Crippen molar-refractivity contribution in [3.8, 4) is 0 Å². The highest BCUT2D eigenvalue weighted by atomic mass is 16.5. The zero-order valence-corrected chi connectivity index (χ0v) is 9.71. The van der Waals surface area contributed by atoms with Gasteiger partial charge in [-0.1, -0.05) is 0 Å². The van der Waals surface area contributed by atoms with E-state index in [-0.39, 0.29) is 5.60 Å². The molecule has 4 heteroatoms. The smallest absolute Gasteiger partial charge is 0.222 e. The summed E-state index contributed by atoms with van der Waals surface area (Å²) < 4.78 is 5.87. The first-order valence-corrected chi connectivity index (χ1v) is 6.43. The minimum absolute atomic E-state index is 0.128. The van der Waals surface area contributed by atoms with Crippen molar-refractivity contribution in [3.05, 3.63) is 0 Å². The Hall–Kier alpha value is -0.610. The second-order valence-corrected chi connectivity index (χ2v) is 5.28. The zero-order chi connectivity index (χ0) is 11.0. The van der Waals surface area contributed by atoms with Crippen LogP contribution in [0.4, 0.5) is 0 Å². The number of carbonyl (C=O) groups is 1. The monoisotopic (exact) mass is 224 g/mol. The number of likely N-dealkylation sites (tertiary alicyclic amines) is 1.